The summed E-state index contributed by atoms with van der Waals surface area (Å²) in [6.07, 6.45) is 6.34. The van der Waals surface area contributed by atoms with E-state index in [9.17, 15) is 4.79 Å². The van der Waals surface area contributed by atoms with Gasteiger partial charge < -0.3 is 18.9 Å². The number of likely N-dealkylation sites (tertiary alicyclic amines) is 1. The van der Waals surface area contributed by atoms with E-state index >= 15 is 0 Å². The molecule has 1 aromatic heterocycles. The molecule has 1 amide bonds. The lowest BCUT2D eigenvalue weighted by Gasteiger charge is -2.33. The van der Waals surface area contributed by atoms with Gasteiger partial charge in [-0.2, -0.15) is 0 Å². The van der Waals surface area contributed by atoms with Gasteiger partial charge in [0.2, 0.25) is 5.91 Å². The molecule has 0 N–H and O–H groups in total. The van der Waals surface area contributed by atoms with Gasteiger partial charge >= 0.3 is 0 Å². The van der Waals surface area contributed by atoms with Gasteiger partial charge in [0.25, 0.3) is 0 Å². The third kappa shape index (κ3) is 4.26. The van der Waals surface area contributed by atoms with Crippen molar-refractivity contribution in [3.8, 4) is 11.5 Å². The van der Waals surface area contributed by atoms with Crippen LogP contribution in [0.2, 0.25) is 0 Å². The third-order valence-electron chi connectivity index (χ3n) is 5.20. The molecule has 0 bridgehead atoms. The van der Waals surface area contributed by atoms with Gasteiger partial charge in [0, 0.05) is 37.4 Å². The zero-order valence-electron chi connectivity index (χ0n) is 16.6. The van der Waals surface area contributed by atoms with Crippen LogP contribution >= 0.6 is 0 Å². The summed E-state index contributed by atoms with van der Waals surface area (Å²) >= 11 is 0. The summed E-state index contributed by atoms with van der Waals surface area (Å²) in [5.41, 5.74) is 0.934. The fourth-order valence-corrected chi connectivity index (χ4v) is 3.77. The predicted octanol–water partition coefficient (Wildman–Crippen LogP) is 3.43. The van der Waals surface area contributed by atoms with Crippen LogP contribution in [-0.4, -0.2) is 47.7 Å². The molecule has 2 heterocycles. The number of methoxy groups -OCH3 is 2. The van der Waals surface area contributed by atoms with Gasteiger partial charge in [-0.05, 0) is 44.4 Å². The average molecular weight is 371 g/mol. The number of piperidine rings is 1. The first kappa shape index (κ1) is 19.3. The SMILES string of the molecule is COc1ccc(CC(=O)N2CCC[C@H](c3nccn3C(C)C)C2)cc1OC. The predicted molar refractivity (Wildman–Crippen MR) is 104 cm³/mol. The molecule has 1 saturated heterocycles. The monoisotopic (exact) mass is 371 g/mol. The smallest absolute Gasteiger partial charge is 0.227 e. The first-order valence-corrected chi connectivity index (χ1v) is 9.55. The van der Waals surface area contributed by atoms with Crippen LogP contribution < -0.4 is 9.47 Å². The van der Waals surface area contributed by atoms with E-state index in [4.69, 9.17) is 9.47 Å². The molecule has 1 atom stereocenters. The second kappa shape index (κ2) is 8.46. The molecule has 6 nitrogen and oxygen atoms in total. The van der Waals surface area contributed by atoms with Crippen molar-refractivity contribution in [3.63, 3.8) is 0 Å². The first-order valence-electron chi connectivity index (χ1n) is 9.55. The summed E-state index contributed by atoms with van der Waals surface area (Å²) < 4.78 is 12.8. The Balaban J connectivity index is 1.69. The van der Waals surface area contributed by atoms with E-state index in [-0.39, 0.29) is 5.91 Å². The molecule has 0 aliphatic carbocycles. The standard InChI is InChI=1S/C21H29N3O3/c1-15(2)24-11-9-22-21(24)17-6-5-10-23(14-17)20(25)13-16-7-8-18(26-3)19(12-16)27-4/h7-9,11-12,15,17H,5-6,10,13-14H2,1-4H3/t17-/m0/s1. The lowest BCUT2D eigenvalue weighted by molar-refractivity contribution is -0.131. The van der Waals surface area contributed by atoms with Crippen LogP contribution in [-0.2, 0) is 11.2 Å². The normalized spacial score (nSPS) is 17.2. The minimum atomic E-state index is 0.148. The molecule has 6 heteroatoms. The van der Waals surface area contributed by atoms with Crippen molar-refractivity contribution < 1.29 is 14.3 Å². The number of imidazole rings is 1. The lowest BCUT2D eigenvalue weighted by Crippen LogP contribution is -2.40. The summed E-state index contributed by atoms with van der Waals surface area (Å²) in [7, 11) is 3.22. The number of hydrogen-bond donors (Lipinski definition) is 0. The maximum Gasteiger partial charge on any atom is 0.227 e. The number of ether oxygens (including phenoxy) is 2. The highest BCUT2D eigenvalue weighted by Crippen LogP contribution is 2.30. The van der Waals surface area contributed by atoms with Gasteiger partial charge in [0.05, 0.1) is 20.6 Å². The van der Waals surface area contributed by atoms with Crippen LogP contribution in [0.5, 0.6) is 11.5 Å². The number of rotatable bonds is 6. The number of aromatic nitrogens is 2. The van der Waals surface area contributed by atoms with Crippen molar-refractivity contribution in [2.75, 3.05) is 27.3 Å². The van der Waals surface area contributed by atoms with Crippen molar-refractivity contribution in [2.24, 2.45) is 0 Å². The Morgan fingerprint density at radius 3 is 2.74 bits per heavy atom. The summed E-state index contributed by atoms with van der Waals surface area (Å²) in [4.78, 5) is 19.4. The van der Waals surface area contributed by atoms with E-state index in [1.54, 1.807) is 14.2 Å². The van der Waals surface area contributed by atoms with E-state index < -0.39 is 0 Å². The maximum absolute atomic E-state index is 12.9. The Labute approximate surface area is 161 Å². The van der Waals surface area contributed by atoms with Crippen molar-refractivity contribution in [1.82, 2.24) is 14.5 Å². The molecule has 27 heavy (non-hydrogen) atoms. The van der Waals surface area contributed by atoms with Crippen molar-refractivity contribution >= 4 is 5.91 Å². The molecule has 1 aliphatic rings. The average Bonchev–Trinajstić information content (AvgIpc) is 3.18. The minimum absolute atomic E-state index is 0.148. The van der Waals surface area contributed by atoms with E-state index in [0.717, 1.165) is 37.3 Å². The fourth-order valence-electron chi connectivity index (χ4n) is 3.77. The molecule has 1 aliphatic heterocycles. The van der Waals surface area contributed by atoms with Crippen LogP contribution in [0.3, 0.4) is 0 Å². The highest BCUT2D eigenvalue weighted by atomic mass is 16.5. The maximum atomic E-state index is 12.9. The summed E-state index contributed by atoms with van der Waals surface area (Å²) in [5, 5.41) is 0. The Morgan fingerprint density at radius 2 is 2.04 bits per heavy atom. The van der Waals surface area contributed by atoms with Crippen LogP contribution in [0.4, 0.5) is 0 Å². The molecular formula is C21H29N3O3. The fraction of sp³-hybridized carbons (Fsp3) is 0.524. The Morgan fingerprint density at radius 1 is 1.26 bits per heavy atom. The second-order valence-corrected chi connectivity index (χ2v) is 7.33. The molecule has 0 spiro atoms. The highest BCUT2D eigenvalue weighted by molar-refractivity contribution is 5.79. The number of hydrogen-bond acceptors (Lipinski definition) is 4. The highest BCUT2D eigenvalue weighted by Gasteiger charge is 2.28. The number of carbonyl (C=O) groups is 1. The van der Waals surface area contributed by atoms with E-state index in [0.29, 0.717) is 29.9 Å². The third-order valence-corrected chi connectivity index (χ3v) is 5.20. The van der Waals surface area contributed by atoms with E-state index in [1.807, 2.05) is 35.5 Å². The largest absolute Gasteiger partial charge is 0.493 e. The van der Waals surface area contributed by atoms with Crippen molar-refractivity contribution in [2.45, 2.75) is 45.1 Å². The molecule has 146 valence electrons. The van der Waals surface area contributed by atoms with Crippen LogP contribution in [0.25, 0.3) is 0 Å². The molecule has 1 fully saturated rings. The second-order valence-electron chi connectivity index (χ2n) is 7.33. The Kier molecular flexibility index (Phi) is 6.04. The Bertz CT molecular complexity index is 785. The van der Waals surface area contributed by atoms with Gasteiger partial charge in [-0.15, -0.1) is 0 Å². The summed E-state index contributed by atoms with van der Waals surface area (Å²) in [6, 6.07) is 6.02. The molecule has 2 aromatic rings. The molecule has 3 rings (SSSR count). The molecule has 1 aromatic carbocycles. The van der Waals surface area contributed by atoms with Gasteiger partial charge in [-0.3, -0.25) is 4.79 Å². The van der Waals surface area contributed by atoms with Crippen LogP contribution in [0.15, 0.2) is 30.6 Å². The number of carbonyl (C=O) groups excluding carboxylic acids is 1. The van der Waals surface area contributed by atoms with Gasteiger partial charge in [-0.1, -0.05) is 6.07 Å². The van der Waals surface area contributed by atoms with E-state index in [1.165, 1.54) is 0 Å². The topological polar surface area (TPSA) is 56.6 Å². The molecule has 0 unspecified atom stereocenters. The number of nitrogens with zero attached hydrogens (tertiary/aromatic N) is 3. The number of amides is 1. The van der Waals surface area contributed by atoms with Gasteiger partial charge in [0.1, 0.15) is 5.82 Å². The molecule has 0 saturated carbocycles. The summed E-state index contributed by atoms with van der Waals surface area (Å²) in [6.45, 7) is 5.86. The van der Waals surface area contributed by atoms with Crippen LogP contribution in [0, 0.1) is 0 Å². The minimum Gasteiger partial charge on any atom is -0.493 e. The van der Waals surface area contributed by atoms with Crippen molar-refractivity contribution in [1.29, 1.82) is 0 Å². The first-order chi connectivity index (χ1) is 13.0. The van der Waals surface area contributed by atoms with Crippen molar-refractivity contribution in [3.05, 3.63) is 42.0 Å². The number of benzene rings is 1. The Hall–Kier alpha value is -2.50. The lowest BCUT2D eigenvalue weighted by atomic mass is 9.96. The van der Waals surface area contributed by atoms with E-state index in [2.05, 4.69) is 23.4 Å². The summed E-state index contributed by atoms with van der Waals surface area (Å²) in [5.74, 6) is 2.86. The van der Waals surface area contributed by atoms with Gasteiger partial charge in [0.15, 0.2) is 11.5 Å². The quantitative estimate of drug-likeness (QED) is 0.781. The molecule has 0 radical (unpaired) electrons. The molecular weight excluding hydrogens is 342 g/mol. The van der Waals surface area contributed by atoms with Crippen LogP contribution in [0.1, 0.15) is 50.0 Å². The zero-order valence-corrected chi connectivity index (χ0v) is 16.6. The zero-order chi connectivity index (χ0) is 19.4. The van der Waals surface area contributed by atoms with Gasteiger partial charge in [-0.25, -0.2) is 4.98 Å².